The molecular weight excluding hydrogens is 419 g/mol. The summed E-state index contributed by atoms with van der Waals surface area (Å²) >= 11 is 0. The zero-order valence-electron chi connectivity index (χ0n) is 17.5. The number of nitrogens with zero attached hydrogens (tertiary/aromatic N) is 5. The van der Waals surface area contributed by atoms with Crippen molar-refractivity contribution < 1.29 is 17.9 Å². The van der Waals surface area contributed by atoms with Crippen LogP contribution in [0.25, 0.3) is 0 Å². The molecule has 6 nitrogen and oxygen atoms in total. The van der Waals surface area contributed by atoms with Gasteiger partial charge in [0.1, 0.15) is 5.69 Å². The maximum Gasteiger partial charge on any atom is 0.433 e. The van der Waals surface area contributed by atoms with E-state index in [9.17, 15) is 18.4 Å². The Morgan fingerprint density at radius 2 is 2.00 bits per heavy atom. The van der Waals surface area contributed by atoms with E-state index >= 15 is 0 Å². The predicted molar refractivity (Wildman–Crippen MR) is 111 cm³/mol. The van der Waals surface area contributed by atoms with Crippen molar-refractivity contribution in [3.63, 3.8) is 0 Å². The summed E-state index contributed by atoms with van der Waals surface area (Å²) in [7, 11) is 0. The molecule has 168 valence electrons. The van der Waals surface area contributed by atoms with Gasteiger partial charge in [-0.1, -0.05) is 6.07 Å². The summed E-state index contributed by atoms with van der Waals surface area (Å²) in [4.78, 5) is 12.3. The molecule has 1 aliphatic carbocycles. The number of anilines is 1. The van der Waals surface area contributed by atoms with Crippen LogP contribution in [-0.2, 0) is 10.9 Å². The monoisotopic (exact) mass is 443 g/mol. The van der Waals surface area contributed by atoms with Crippen LogP contribution in [0.2, 0.25) is 0 Å². The molecule has 2 aromatic rings. The van der Waals surface area contributed by atoms with E-state index in [0.717, 1.165) is 49.8 Å². The van der Waals surface area contributed by atoms with Crippen LogP contribution in [0.4, 0.5) is 18.9 Å². The minimum absolute atomic E-state index is 0.191. The van der Waals surface area contributed by atoms with Gasteiger partial charge in [0, 0.05) is 50.0 Å². The summed E-state index contributed by atoms with van der Waals surface area (Å²) in [6, 6.07) is 9.02. The van der Waals surface area contributed by atoms with Crippen LogP contribution in [-0.4, -0.2) is 53.8 Å². The fourth-order valence-corrected chi connectivity index (χ4v) is 5.55. The third-order valence-corrected chi connectivity index (χ3v) is 6.95. The summed E-state index contributed by atoms with van der Waals surface area (Å²) in [6.45, 7) is 3.58. The van der Waals surface area contributed by atoms with Crippen molar-refractivity contribution in [2.75, 3.05) is 37.7 Å². The number of alkyl halides is 3. The van der Waals surface area contributed by atoms with Gasteiger partial charge in [-0.3, -0.25) is 9.88 Å². The molecule has 2 atom stereocenters. The summed E-state index contributed by atoms with van der Waals surface area (Å²) in [5, 5.41) is 9.31. The van der Waals surface area contributed by atoms with Crippen molar-refractivity contribution in [1.82, 2.24) is 14.9 Å². The average molecular weight is 443 g/mol. The van der Waals surface area contributed by atoms with Crippen molar-refractivity contribution in [2.45, 2.75) is 31.2 Å². The quantitative estimate of drug-likeness (QED) is 0.719. The van der Waals surface area contributed by atoms with E-state index in [2.05, 4.69) is 31.9 Å². The standard InChI is InChI=1S/C23H24F3N5O/c24-23(25,26)20-4-3-18(12-29-20)31-14-22(15-31)8-17(9-22)21(16-2-1-5-28-11-16)30-6-7-32-19(10-27)13-30/h1-5,11-12,17,19,21H,6-9,13-15H2. The van der Waals surface area contributed by atoms with Crippen LogP contribution >= 0.6 is 0 Å². The minimum atomic E-state index is -4.42. The first kappa shape index (κ1) is 21.2. The van der Waals surface area contributed by atoms with E-state index in [-0.39, 0.29) is 11.5 Å². The van der Waals surface area contributed by atoms with Gasteiger partial charge in [-0.05, 0) is 42.5 Å². The number of halogens is 3. The maximum absolute atomic E-state index is 12.8. The molecule has 3 aliphatic rings. The topological polar surface area (TPSA) is 65.3 Å². The molecule has 32 heavy (non-hydrogen) atoms. The summed E-state index contributed by atoms with van der Waals surface area (Å²) in [6.07, 6.45) is 2.26. The van der Waals surface area contributed by atoms with Crippen LogP contribution in [0, 0.1) is 22.7 Å². The number of morpholine rings is 1. The lowest BCUT2D eigenvalue weighted by molar-refractivity contribution is -0.141. The highest BCUT2D eigenvalue weighted by atomic mass is 19.4. The normalized spacial score (nSPS) is 24.4. The average Bonchev–Trinajstić information content (AvgIpc) is 2.74. The lowest BCUT2D eigenvalue weighted by Crippen LogP contribution is -2.64. The number of pyridine rings is 2. The van der Waals surface area contributed by atoms with Gasteiger partial charge in [0.2, 0.25) is 0 Å². The molecule has 1 spiro atoms. The highest BCUT2D eigenvalue weighted by Crippen LogP contribution is 2.57. The molecule has 2 aliphatic heterocycles. The SMILES string of the molecule is N#CC1CN(C(c2cccnc2)C2CC3(C2)CN(c2ccc(C(F)(F)F)nc2)C3)CCO1. The largest absolute Gasteiger partial charge is 0.433 e. The number of rotatable bonds is 4. The number of hydrogen-bond acceptors (Lipinski definition) is 6. The lowest BCUT2D eigenvalue weighted by Gasteiger charge is -2.62. The molecule has 0 aromatic carbocycles. The first-order chi connectivity index (χ1) is 15.4. The molecule has 0 radical (unpaired) electrons. The molecule has 3 fully saturated rings. The maximum atomic E-state index is 12.8. The molecule has 0 N–H and O–H groups in total. The Bertz CT molecular complexity index is 977. The van der Waals surface area contributed by atoms with Crippen LogP contribution in [0.5, 0.6) is 0 Å². The molecule has 2 saturated heterocycles. The Morgan fingerprint density at radius 3 is 2.62 bits per heavy atom. The van der Waals surface area contributed by atoms with Crippen molar-refractivity contribution >= 4 is 5.69 Å². The fraction of sp³-hybridized carbons (Fsp3) is 0.522. The first-order valence-corrected chi connectivity index (χ1v) is 10.8. The molecule has 1 saturated carbocycles. The van der Waals surface area contributed by atoms with E-state index in [4.69, 9.17) is 4.74 Å². The van der Waals surface area contributed by atoms with Crippen molar-refractivity contribution in [2.24, 2.45) is 11.3 Å². The van der Waals surface area contributed by atoms with Gasteiger partial charge >= 0.3 is 6.18 Å². The van der Waals surface area contributed by atoms with Gasteiger partial charge in [0.15, 0.2) is 6.10 Å². The molecular formula is C23H24F3N5O. The van der Waals surface area contributed by atoms with Crippen molar-refractivity contribution in [3.05, 3.63) is 54.1 Å². The van der Waals surface area contributed by atoms with Gasteiger partial charge in [0.05, 0.1) is 24.6 Å². The van der Waals surface area contributed by atoms with Gasteiger partial charge < -0.3 is 9.64 Å². The van der Waals surface area contributed by atoms with Gasteiger partial charge in [0.25, 0.3) is 0 Å². The minimum Gasteiger partial charge on any atom is -0.369 e. The zero-order valence-corrected chi connectivity index (χ0v) is 17.5. The third kappa shape index (κ3) is 3.93. The predicted octanol–water partition coefficient (Wildman–Crippen LogP) is 3.68. The second kappa shape index (κ2) is 8.01. The van der Waals surface area contributed by atoms with E-state index in [0.29, 0.717) is 19.1 Å². The number of aromatic nitrogens is 2. The van der Waals surface area contributed by atoms with Crippen LogP contribution < -0.4 is 4.90 Å². The Morgan fingerprint density at radius 1 is 1.19 bits per heavy atom. The first-order valence-electron chi connectivity index (χ1n) is 10.8. The van der Waals surface area contributed by atoms with E-state index in [1.54, 1.807) is 6.20 Å². The third-order valence-electron chi connectivity index (χ3n) is 6.95. The molecule has 4 heterocycles. The highest BCUT2D eigenvalue weighted by Gasteiger charge is 2.55. The molecule has 5 rings (SSSR count). The van der Waals surface area contributed by atoms with E-state index < -0.39 is 18.0 Å². The summed E-state index contributed by atoms with van der Waals surface area (Å²) in [5.41, 5.74) is 1.24. The second-order valence-corrected chi connectivity index (χ2v) is 9.14. The van der Waals surface area contributed by atoms with Crippen LogP contribution in [0.15, 0.2) is 42.9 Å². The Kier molecular flexibility index (Phi) is 5.30. The van der Waals surface area contributed by atoms with Crippen LogP contribution in [0.1, 0.15) is 30.1 Å². The van der Waals surface area contributed by atoms with Crippen molar-refractivity contribution in [1.29, 1.82) is 5.26 Å². The summed E-state index contributed by atoms with van der Waals surface area (Å²) < 4.78 is 43.8. The van der Waals surface area contributed by atoms with Gasteiger partial charge in [-0.15, -0.1) is 0 Å². The zero-order chi connectivity index (χ0) is 22.3. The van der Waals surface area contributed by atoms with Crippen molar-refractivity contribution in [3.8, 4) is 6.07 Å². The smallest absolute Gasteiger partial charge is 0.369 e. The second-order valence-electron chi connectivity index (χ2n) is 9.14. The number of nitriles is 1. The van der Waals surface area contributed by atoms with E-state index in [1.807, 2.05) is 12.3 Å². The molecule has 0 amide bonds. The lowest BCUT2D eigenvalue weighted by atomic mass is 9.55. The van der Waals surface area contributed by atoms with Crippen LogP contribution in [0.3, 0.4) is 0 Å². The van der Waals surface area contributed by atoms with Gasteiger partial charge in [-0.25, -0.2) is 4.98 Å². The molecule has 0 bridgehead atoms. The molecule has 9 heteroatoms. The van der Waals surface area contributed by atoms with E-state index in [1.165, 1.54) is 12.3 Å². The fourth-order valence-electron chi connectivity index (χ4n) is 5.55. The number of hydrogen-bond donors (Lipinski definition) is 0. The number of ether oxygens (including phenoxy) is 1. The molecule has 2 unspecified atom stereocenters. The Balaban J connectivity index is 1.24. The summed E-state index contributed by atoms with van der Waals surface area (Å²) in [5.74, 6) is 0.449. The highest BCUT2D eigenvalue weighted by molar-refractivity contribution is 5.49. The molecule has 2 aromatic heterocycles. The van der Waals surface area contributed by atoms with Gasteiger partial charge in [-0.2, -0.15) is 18.4 Å². The Hall–Kier alpha value is -2.70. The Labute approximate surface area is 184 Å².